The number of hydrogen-bond donors (Lipinski definition) is 0. The van der Waals surface area contributed by atoms with E-state index in [1.807, 2.05) is 5.31 Å². The van der Waals surface area contributed by atoms with Gasteiger partial charge in [-0.2, -0.15) is 0 Å². The van der Waals surface area contributed by atoms with Crippen molar-refractivity contribution in [3.63, 3.8) is 0 Å². The largest absolute Gasteiger partial charge is 0.267 e. The van der Waals surface area contributed by atoms with Crippen LogP contribution in [0.5, 0.6) is 0 Å². The van der Waals surface area contributed by atoms with E-state index in [0.717, 1.165) is 5.92 Å². The maximum atomic E-state index is 2.87. The Morgan fingerprint density at radius 2 is 1.41 bits per heavy atom. The van der Waals surface area contributed by atoms with Crippen LogP contribution in [0.25, 0.3) is 0 Å². The maximum Gasteiger partial charge on any atom is 0.0678 e. The summed E-state index contributed by atoms with van der Waals surface area (Å²) >= 11 is 0. The highest BCUT2D eigenvalue weighted by Gasteiger charge is 2.32. The topological polar surface area (TPSA) is 6.48 Å². The molecule has 0 spiro atoms. The van der Waals surface area contributed by atoms with Crippen LogP contribution in [0.3, 0.4) is 0 Å². The Balaban J connectivity index is 1.78. The zero-order chi connectivity index (χ0) is 15.2. The Kier molecular flexibility index (Phi) is 6.78. The molecule has 0 aromatic carbocycles. The molecule has 0 atom stereocenters. The molecule has 22 heavy (non-hydrogen) atoms. The first-order valence-electron chi connectivity index (χ1n) is 9.89. The van der Waals surface area contributed by atoms with E-state index in [4.69, 9.17) is 0 Å². The van der Waals surface area contributed by atoms with Gasteiger partial charge in [0, 0.05) is 26.2 Å². The molecule has 0 aromatic heterocycles. The van der Waals surface area contributed by atoms with Gasteiger partial charge < -0.3 is 0 Å². The summed E-state index contributed by atoms with van der Waals surface area (Å²) in [4.78, 5) is 0. The zero-order valence-electron chi connectivity index (χ0n) is 14.6. The zero-order valence-corrected chi connectivity index (χ0v) is 15.5. The molecule has 0 N–H and O–H groups in total. The van der Waals surface area contributed by atoms with Crippen molar-refractivity contribution in [3.05, 3.63) is 11.4 Å². The third-order valence-corrected chi connectivity index (χ3v) is 8.30. The van der Waals surface area contributed by atoms with Crippen molar-refractivity contribution in [2.24, 2.45) is 5.92 Å². The van der Waals surface area contributed by atoms with Gasteiger partial charge in [0.2, 0.25) is 0 Å². The molecule has 2 aliphatic heterocycles. The van der Waals surface area contributed by atoms with Crippen molar-refractivity contribution < 1.29 is 0 Å². The van der Waals surface area contributed by atoms with Gasteiger partial charge in [-0.05, 0) is 56.2 Å². The van der Waals surface area contributed by atoms with E-state index < -0.39 is 0 Å². The second-order valence-corrected chi connectivity index (χ2v) is 9.70. The highest BCUT2D eigenvalue weighted by atomic mass is 31.1. The van der Waals surface area contributed by atoms with E-state index in [1.54, 1.807) is 0 Å². The van der Waals surface area contributed by atoms with Crippen LogP contribution in [-0.2, 0) is 0 Å². The number of allylic oxidation sites excluding steroid dienone is 2. The lowest BCUT2D eigenvalue weighted by Gasteiger charge is -2.37. The average molecular weight is 322 g/mol. The fraction of sp³-hybridized carbons (Fsp3) is 0.895. The van der Waals surface area contributed by atoms with Crippen molar-refractivity contribution in [1.29, 1.82) is 0 Å². The van der Waals surface area contributed by atoms with Gasteiger partial charge in [0.1, 0.15) is 0 Å². The van der Waals surface area contributed by atoms with Crippen molar-refractivity contribution in [3.8, 4) is 0 Å². The first-order chi connectivity index (χ1) is 10.9. The molecule has 3 aliphatic rings. The van der Waals surface area contributed by atoms with Gasteiger partial charge in [-0.15, -0.1) is 0 Å². The Bertz CT molecular complexity index is 334. The fourth-order valence-corrected chi connectivity index (χ4v) is 7.58. The molecule has 2 heterocycles. The summed E-state index contributed by atoms with van der Waals surface area (Å²) < 4.78 is 5.73. The van der Waals surface area contributed by atoms with E-state index in [-0.39, 0.29) is 8.22 Å². The normalized spacial score (nSPS) is 26.4. The van der Waals surface area contributed by atoms with Crippen LogP contribution in [0, 0.1) is 5.92 Å². The molecule has 3 heteroatoms. The van der Waals surface area contributed by atoms with Crippen LogP contribution in [-0.4, -0.2) is 35.5 Å². The van der Waals surface area contributed by atoms with E-state index in [9.17, 15) is 0 Å². The van der Waals surface area contributed by atoms with Crippen LogP contribution in [0.15, 0.2) is 11.4 Å². The monoisotopic (exact) mass is 322 g/mol. The van der Waals surface area contributed by atoms with Crippen molar-refractivity contribution >= 4 is 8.22 Å². The Morgan fingerprint density at radius 3 is 1.91 bits per heavy atom. The molecule has 0 amide bonds. The molecule has 1 saturated carbocycles. The summed E-state index contributed by atoms with van der Waals surface area (Å²) in [6, 6.07) is 0. The van der Waals surface area contributed by atoms with Crippen LogP contribution in [0.2, 0.25) is 0 Å². The van der Waals surface area contributed by atoms with Crippen LogP contribution >= 0.6 is 8.22 Å². The summed E-state index contributed by atoms with van der Waals surface area (Å²) in [5.74, 6) is 0.894. The Hall–Kier alpha value is 0.0900. The first-order valence-corrected chi connectivity index (χ1v) is 11.1. The highest BCUT2D eigenvalue weighted by Crippen LogP contribution is 2.56. The van der Waals surface area contributed by atoms with Gasteiger partial charge in [-0.25, -0.2) is 0 Å². The molecule has 0 unspecified atom stereocenters. The van der Waals surface area contributed by atoms with Crippen LogP contribution in [0.1, 0.15) is 77.6 Å². The predicted molar refractivity (Wildman–Crippen MR) is 98.1 cm³/mol. The van der Waals surface area contributed by atoms with E-state index >= 15 is 0 Å². The molecule has 3 fully saturated rings. The quantitative estimate of drug-likeness (QED) is 0.574. The van der Waals surface area contributed by atoms with E-state index in [1.165, 1.54) is 96.8 Å². The third kappa shape index (κ3) is 4.34. The molecule has 1 aliphatic carbocycles. The summed E-state index contributed by atoms with van der Waals surface area (Å²) in [5.41, 5.74) is 0. The predicted octanol–water partition coefficient (Wildman–Crippen LogP) is 5.75. The van der Waals surface area contributed by atoms with E-state index in [2.05, 4.69) is 22.3 Å². The Morgan fingerprint density at radius 1 is 0.864 bits per heavy atom. The molecular weight excluding hydrogens is 287 g/mol. The second kappa shape index (κ2) is 8.81. The lowest BCUT2D eigenvalue weighted by molar-refractivity contribution is 0.417. The standard InChI is InChI=1S/C19H35N2P/c1-2-10-19(17-18-11-4-3-5-12-18)22(20-13-6-7-14-20)21-15-8-9-16-21/h17-18H,2-16H2,1H3. The van der Waals surface area contributed by atoms with Crippen molar-refractivity contribution in [1.82, 2.24) is 9.34 Å². The van der Waals surface area contributed by atoms with Gasteiger partial charge in [-0.3, -0.25) is 9.34 Å². The minimum atomic E-state index is -0.129. The van der Waals surface area contributed by atoms with Gasteiger partial charge in [-0.1, -0.05) is 38.7 Å². The molecule has 126 valence electrons. The lowest BCUT2D eigenvalue weighted by atomic mass is 9.89. The second-order valence-electron chi connectivity index (χ2n) is 7.42. The van der Waals surface area contributed by atoms with Gasteiger partial charge >= 0.3 is 0 Å². The first kappa shape index (κ1) is 16.9. The maximum absolute atomic E-state index is 2.87. The van der Waals surface area contributed by atoms with E-state index in [0.29, 0.717) is 0 Å². The molecule has 2 saturated heterocycles. The van der Waals surface area contributed by atoms with Gasteiger partial charge in [0.15, 0.2) is 0 Å². The van der Waals surface area contributed by atoms with Gasteiger partial charge in [0.05, 0.1) is 8.22 Å². The minimum absolute atomic E-state index is 0.129. The third-order valence-electron chi connectivity index (χ3n) is 5.54. The lowest BCUT2D eigenvalue weighted by Crippen LogP contribution is -2.26. The molecule has 0 aromatic rings. The summed E-state index contributed by atoms with van der Waals surface area (Å²) in [7, 11) is -0.129. The van der Waals surface area contributed by atoms with Gasteiger partial charge in [0.25, 0.3) is 0 Å². The SMILES string of the molecule is CCCC(=CC1CCCCC1)P(N1CCCC1)N1CCCC1. The minimum Gasteiger partial charge on any atom is -0.267 e. The molecule has 0 radical (unpaired) electrons. The molecule has 2 nitrogen and oxygen atoms in total. The smallest absolute Gasteiger partial charge is 0.0678 e. The van der Waals surface area contributed by atoms with Crippen molar-refractivity contribution in [2.75, 3.05) is 26.2 Å². The summed E-state index contributed by atoms with van der Waals surface area (Å²) in [6.07, 6.45) is 18.4. The van der Waals surface area contributed by atoms with Crippen LogP contribution < -0.4 is 0 Å². The summed E-state index contributed by atoms with van der Waals surface area (Å²) in [5, 5.41) is 1.84. The van der Waals surface area contributed by atoms with Crippen molar-refractivity contribution in [2.45, 2.75) is 77.6 Å². The fourth-order valence-electron chi connectivity index (χ4n) is 4.40. The van der Waals surface area contributed by atoms with Crippen LogP contribution in [0.4, 0.5) is 0 Å². The Labute approximate surface area is 139 Å². The summed E-state index contributed by atoms with van der Waals surface area (Å²) in [6.45, 7) is 7.79. The number of hydrogen-bond acceptors (Lipinski definition) is 2. The number of nitrogens with zero attached hydrogens (tertiary/aromatic N) is 2. The number of rotatable bonds is 6. The molecule has 3 rings (SSSR count). The highest BCUT2D eigenvalue weighted by molar-refractivity contribution is 7.57. The molecular formula is C19H35N2P. The average Bonchev–Trinajstić information content (AvgIpc) is 3.23. The molecule has 0 bridgehead atoms.